The van der Waals surface area contributed by atoms with Gasteiger partial charge in [-0.2, -0.15) is 0 Å². The summed E-state index contributed by atoms with van der Waals surface area (Å²) in [4.78, 5) is 14.2. The van der Waals surface area contributed by atoms with Gasteiger partial charge in [-0.3, -0.25) is 4.79 Å². The van der Waals surface area contributed by atoms with Gasteiger partial charge >= 0.3 is 0 Å². The molecule has 3 nitrogen and oxygen atoms in total. The molecule has 0 aromatic carbocycles. The van der Waals surface area contributed by atoms with Crippen LogP contribution >= 0.6 is 0 Å². The number of hydrogen-bond donors (Lipinski definition) is 0. The third-order valence-corrected chi connectivity index (χ3v) is 9.78. The highest BCUT2D eigenvalue weighted by Gasteiger charge is 2.42. The minimum atomic E-state index is -1.69. The molecule has 1 amide bonds. The number of amides is 1. The normalized spacial score (nSPS) is 28.7. The summed E-state index contributed by atoms with van der Waals surface area (Å²) in [6, 6.07) is 0.848. The molecule has 0 bridgehead atoms. The third kappa shape index (κ3) is 3.05. The Labute approximate surface area is 118 Å². The van der Waals surface area contributed by atoms with E-state index in [4.69, 9.17) is 4.43 Å². The molecule has 2 atom stereocenters. The maximum Gasteiger partial charge on any atom is 0.223 e. The first-order chi connectivity index (χ1) is 8.72. The lowest BCUT2D eigenvalue weighted by molar-refractivity contribution is -0.137. The molecule has 2 saturated heterocycles. The minimum absolute atomic E-state index is 0.247. The Hall–Kier alpha value is -0.353. The Morgan fingerprint density at radius 1 is 1.26 bits per heavy atom. The van der Waals surface area contributed by atoms with Crippen molar-refractivity contribution in [3.8, 4) is 0 Å². The zero-order chi connectivity index (χ0) is 14.3. The Morgan fingerprint density at radius 2 is 1.95 bits per heavy atom. The second-order valence-corrected chi connectivity index (χ2v) is 12.5. The molecule has 0 aliphatic carbocycles. The van der Waals surface area contributed by atoms with Gasteiger partial charge in [0.25, 0.3) is 0 Å². The lowest BCUT2D eigenvalue weighted by atomic mass is 10.0. The smallest absolute Gasteiger partial charge is 0.223 e. The molecule has 0 aromatic rings. The highest BCUT2D eigenvalue weighted by atomic mass is 28.4. The van der Waals surface area contributed by atoms with E-state index in [0.717, 1.165) is 25.9 Å². The summed E-state index contributed by atoms with van der Waals surface area (Å²) in [6.07, 6.45) is 5.33. The molecule has 4 heteroatoms. The Balaban J connectivity index is 1.95. The van der Waals surface area contributed by atoms with Crippen molar-refractivity contribution >= 4 is 14.2 Å². The molecule has 0 spiro atoms. The minimum Gasteiger partial charge on any atom is -0.415 e. The van der Waals surface area contributed by atoms with E-state index in [1.807, 2.05) is 0 Å². The van der Waals surface area contributed by atoms with Crippen molar-refractivity contribution in [1.29, 1.82) is 0 Å². The van der Waals surface area contributed by atoms with E-state index in [0.29, 0.717) is 18.0 Å². The Bertz CT molecular complexity index is 349. The zero-order valence-corrected chi connectivity index (χ0v) is 14.2. The maximum absolute atomic E-state index is 12.1. The standard InChI is InChI=1S/C15H29NO2Si/c1-15(2,3)19(4,5)18-11-13-10-9-12-7-6-8-14(17)16(12)13/h12-13H,6-11H2,1-5H3/t12-,13+/m1/s1. The predicted octanol–water partition coefficient (Wildman–Crippen LogP) is 3.55. The number of carbonyl (C=O) groups excluding carboxylic acids is 1. The summed E-state index contributed by atoms with van der Waals surface area (Å²) in [5.74, 6) is 0.359. The van der Waals surface area contributed by atoms with Crippen LogP contribution in [0, 0.1) is 0 Å². The molecule has 0 radical (unpaired) electrons. The summed E-state index contributed by atoms with van der Waals surface area (Å²) >= 11 is 0. The van der Waals surface area contributed by atoms with E-state index < -0.39 is 8.32 Å². The van der Waals surface area contributed by atoms with Gasteiger partial charge in [0, 0.05) is 12.5 Å². The van der Waals surface area contributed by atoms with Gasteiger partial charge in [0.2, 0.25) is 5.91 Å². The second-order valence-electron chi connectivity index (χ2n) is 7.65. The molecule has 19 heavy (non-hydrogen) atoms. The number of piperidine rings is 1. The van der Waals surface area contributed by atoms with Crippen LogP contribution in [0.5, 0.6) is 0 Å². The van der Waals surface area contributed by atoms with Crippen LogP contribution in [-0.2, 0) is 9.22 Å². The van der Waals surface area contributed by atoms with Crippen LogP contribution in [0.3, 0.4) is 0 Å². The number of hydrogen-bond acceptors (Lipinski definition) is 2. The van der Waals surface area contributed by atoms with Crippen molar-refractivity contribution in [1.82, 2.24) is 4.90 Å². The first kappa shape index (κ1) is 15.0. The van der Waals surface area contributed by atoms with Crippen molar-refractivity contribution in [3.63, 3.8) is 0 Å². The van der Waals surface area contributed by atoms with Gasteiger partial charge in [-0.05, 0) is 43.8 Å². The number of fused-ring (bicyclic) bond motifs is 1. The fourth-order valence-electron chi connectivity index (χ4n) is 2.95. The maximum atomic E-state index is 12.1. The van der Waals surface area contributed by atoms with Gasteiger partial charge in [0.15, 0.2) is 8.32 Å². The summed E-state index contributed by atoms with van der Waals surface area (Å²) in [6.45, 7) is 12.1. The topological polar surface area (TPSA) is 29.5 Å². The quantitative estimate of drug-likeness (QED) is 0.741. The van der Waals surface area contributed by atoms with Crippen LogP contribution in [-0.4, -0.2) is 37.8 Å². The van der Waals surface area contributed by atoms with Crippen molar-refractivity contribution in [2.24, 2.45) is 0 Å². The largest absolute Gasteiger partial charge is 0.415 e. The van der Waals surface area contributed by atoms with E-state index >= 15 is 0 Å². The molecule has 2 heterocycles. The SMILES string of the molecule is CC(C)(C)[Si](C)(C)OC[C@@H]1CC[C@H]2CCCC(=O)N21. The molecular formula is C15H29NO2Si. The van der Waals surface area contributed by atoms with Gasteiger partial charge in [-0.15, -0.1) is 0 Å². The van der Waals surface area contributed by atoms with Crippen molar-refractivity contribution in [3.05, 3.63) is 0 Å². The molecule has 0 aromatic heterocycles. The van der Waals surface area contributed by atoms with Gasteiger partial charge in [-0.1, -0.05) is 20.8 Å². The average Bonchev–Trinajstić information content (AvgIpc) is 2.69. The molecule has 2 aliphatic heterocycles. The second kappa shape index (κ2) is 5.21. The highest BCUT2D eigenvalue weighted by molar-refractivity contribution is 6.74. The van der Waals surface area contributed by atoms with Crippen LogP contribution < -0.4 is 0 Å². The summed E-state index contributed by atoms with van der Waals surface area (Å²) in [5.41, 5.74) is 0. The van der Waals surface area contributed by atoms with E-state index in [1.165, 1.54) is 12.8 Å². The first-order valence-electron chi connectivity index (χ1n) is 7.67. The van der Waals surface area contributed by atoms with E-state index in [-0.39, 0.29) is 5.04 Å². The van der Waals surface area contributed by atoms with E-state index in [2.05, 4.69) is 38.8 Å². The molecule has 2 aliphatic rings. The summed E-state index contributed by atoms with van der Waals surface area (Å²) in [7, 11) is -1.69. The monoisotopic (exact) mass is 283 g/mol. The Morgan fingerprint density at radius 3 is 2.58 bits per heavy atom. The average molecular weight is 283 g/mol. The first-order valence-corrected chi connectivity index (χ1v) is 10.6. The molecule has 0 saturated carbocycles. The van der Waals surface area contributed by atoms with Crippen LogP contribution in [0.1, 0.15) is 52.9 Å². The van der Waals surface area contributed by atoms with Crippen molar-refractivity contribution in [2.75, 3.05) is 6.61 Å². The highest BCUT2D eigenvalue weighted by Crippen LogP contribution is 2.38. The van der Waals surface area contributed by atoms with Crippen LogP contribution in [0.25, 0.3) is 0 Å². The molecule has 0 unspecified atom stereocenters. The van der Waals surface area contributed by atoms with Crippen molar-refractivity contribution in [2.45, 2.75) is 83.1 Å². The van der Waals surface area contributed by atoms with E-state index in [1.54, 1.807) is 0 Å². The lowest BCUT2D eigenvalue weighted by Crippen LogP contribution is -2.49. The van der Waals surface area contributed by atoms with Crippen LogP contribution in [0.2, 0.25) is 18.1 Å². The van der Waals surface area contributed by atoms with Gasteiger partial charge < -0.3 is 9.33 Å². The number of rotatable bonds is 3. The number of carbonyl (C=O) groups is 1. The molecule has 2 rings (SSSR count). The summed E-state index contributed by atoms with van der Waals surface area (Å²) < 4.78 is 6.32. The van der Waals surface area contributed by atoms with Gasteiger partial charge in [-0.25, -0.2) is 0 Å². The van der Waals surface area contributed by atoms with Gasteiger partial charge in [0.1, 0.15) is 0 Å². The number of nitrogens with zero attached hydrogens (tertiary/aromatic N) is 1. The fraction of sp³-hybridized carbons (Fsp3) is 0.933. The molecule has 2 fully saturated rings. The predicted molar refractivity (Wildman–Crippen MR) is 80.7 cm³/mol. The summed E-state index contributed by atoms with van der Waals surface area (Å²) in [5, 5.41) is 0.247. The van der Waals surface area contributed by atoms with Crippen molar-refractivity contribution < 1.29 is 9.22 Å². The molecule has 0 N–H and O–H groups in total. The molecular weight excluding hydrogens is 254 g/mol. The van der Waals surface area contributed by atoms with Gasteiger partial charge in [0.05, 0.1) is 12.6 Å². The lowest BCUT2D eigenvalue weighted by Gasteiger charge is -2.39. The third-order valence-electron chi connectivity index (χ3n) is 5.28. The van der Waals surface area contributed by atoms with Crippen LogP contribution in [0.4, 0.5) is 0 Å². The Kier molecular flexibility index (Phi) is 4.12. The fourth-order valence-corrected chi connectivity index (χ4v) is 4.00. The van der Waals surface area contributed by atoms with Crippen LogP contribution in [0.15, 0.2) is 0 Å². The molecule has 110 valence electrons. The van der Waals surface area contributed by atoms with E-state index in [9.17, 15) is 4.79 Å². The zero-order valence-electron chi connectivity index (χ0n) is 13.2.